The normalized spacial score (nSPS) is 14.8. The summed E-state index contributed by atoms with van der Waals surface area (Å²) in [5.74, 6) is 1.04. The van der Waals surface area contributed by atoms with Gasteiger partial charge in [0.2, 0.25) is 0 Å². The van der Waals surface area contributed by atoms with Gasteiger partial charge in [-0.1, -0.05) is 163 Å². The average Bonchev–Trinajstić information content (AvgIpc) is 3.57. The summed E-state index contributed by atoms with van der Waals surface area (Å²) in [6.07, 6.45) is -0.409. The third kappa shape index (κ3) is 8.44. The Morgan fingerprint density at radius 3 is 1.37 bits per heavy atom. The summed E-state index contributed by atoms with van der Waals surface area (Å²) >= 11 is 13.3. The Labute approximate surface area is 377 Å². The van der Waals surface area contributed by atoms with E-state index in [1.165, 1.54) is 0 Å². The number of methoxy groups -OCH3 is 1. The van der Waals surface area contributed by atoms with Crippen LogP contribution in [0, 0.1) is 0 Å². The number of hydrogen-bond donors (Lipinski definition) is 0. The number of rotatable bonds is 5. The highest BCUT2D eigenvalue weighted by atomic mass is 35.5. The number of carbonyl (C=O) groups is 2. The van der Waals surface area contributed by atoms with Gasteiger partial charge in [-0.25, -0.2) is 4.79 Å². The molecule has 0 N–H and O–H groups in total. The minimum Gasteiger partial charge on any atom is -0.497 e. The lowest BCUT2D eigenvalue weighted by molar-refractivity contribution is 0.0985. The first kappa shape index (κ1) is 41.2. The fourth-order valence-corrected chi connectivity index (χ4v) is 9.18. The zero-order chi connectivity index (χ0) is 43.3. The molecule has 2 aliphatic rings. The van der Waals surface area contributed by atoms with Crippen LogP contribution < -0.4 is 19.3 Å². The molecule has 0 spiro atoms. The number of benzene rings is 8. The van der Waals surface area contributed by atoms with Crippen molar-refractivity contribution in [3.8, 4) is 11.5 Å². The first-order chi connectivity index (χ1) is 30.9. The summed E-state index contributed by atoms with van der Waals surface area (Å²) < 4.78 is 11.0. The standard InChI is InChI=1S/C28H22ClNO2.C27H20ClNO2/c1-32-21-16-14-19(15-17-21)28(31)30-18-20-8-2-3-9-22(20)27(23-10-4-6-12-25(23)29)24-11-5-7-13-26(24)30;28-24-16-8-6-14-22(24)26-21-13-5-4-10-19(21)18-29(25-17-9-7-15-23(25)26)27(30)31-20-11-2-1-3-12-20/h2-17,27H,18H2,1H3;1-17,26H,18H2. The number of carbonyl (C=O) groups excluding carboxylic acids is 2. The summed E-state index contributed by atoms with van der Waals surface area (Å²) in [5.41, 5.74) is 10.9. The minimum absolute atomic E-state index is 0.0466. The van der Waals surface area contributed by atoms with E-state index in [1.54, 1.807) is 24.1 Å². The number of halogens is 2. The van der Waals surface area contributed by atoms with Crippen molar-refractivity contribution in [1.29, 1.82) is 0 Å². The lowest BCUT2D eigenvalue weighted by atomic mass is 9.83. The van der Waals surface area contributed by atoms with Crippen LogP contribution >= 0.6 is 23.2 Å². The summed E-state index contributed by atoms with van der Waals surface area (Å²) in [6, 6.07) is 64.9. The number of para-hydroxylation sites is 3. The molecule has 0 bridgehead atoms. The van der Waals surface area contributed by atoms with Gasteiger partial charge in [-0.3, -0.25) is 9.69 Å². The Bertz CT molecular complexity index is 2920. The fourth-order valence-electron chi connectivity index (χ4n) is 8.69. The number of fused-ring (bicyclic) bond motifs is 4. The number of amides is 2. The van der Waals surface area contributed by atoms with E-state index in [0.717, 1.165) is 66.7 Å². The van der Waals surface area contributed by atoms with Crippen molar-refractivity contribution in [3.05, 3.63) is 260 Å². The number of anilines is 2. The molecule has 0 aromatic heterocycles. The summed E-state index contributed by atoms with van der Waals surface area (Å²) in [5, 5.41) is 1.43. The highest BCUT2D eigenvalue weighted by Gasteiger charge is 2.34. The second-order valence-electron chi connectivity index (χ2n) is 15.3. The van der Waals surface area contributed by atoms with Crippen LogP contribution in [-0.2, 0) is 13.1 Å². The van der Waals surface area contributed by atoms with Crippen molar-refractivity contribution in [2.75, 3.05) is 16.9 Å². The first-order valence-corrected chi connectivity index (χ1v) is 21.5. The molecule has 2 unspecified atom stereocenters. The Morgan fingerprint density at radius 2 is 0.857 bits per heavy atom. The molecule has 0 saturated carbocycles. The monoisotopic (exact) mass is 864 g/mol. The van der Waals surface area contributed by atoms with Gasteiger partial charge < -0.3 is 14.4 Å². The molecular formula is C55H42Cl2N2O4. The van der Waals surface area contributed by atoms with Gasteiger partial charge in [0.15, 0.2) is 0 Å². The van der Waals surface area contributed by atoms with E-state index in [-0.39, 0.29) is 17.7 Å². The predicted molar refractivity (Wildman–Crippen MR) is 253 cm³/mol. The molecule has 63 heavy (non-hydrogen) atoms. The molecule has 8 aromatic rings. The lowest BCUT2D eigenvalue weighted by Gasteiger charge is -2.25. The third-order valence-corrected chi connectivity index (χ3v) is 12.3. The second-order valence-corrected chi connectivity index (χ2v) is 16.1. The molecule has 0 radical (unpaired) electrons. The van der Waals surface area contributed by atoms with Crippen LogP contribution in [0.2, 0.25) is 10.0 Å². The minimum atomic E-state index is -0.409. The topological polar surface area (TPSA) is 59.1 Å². The van der Waals surface area contributed by atoms with Gasteiger partial charge in [0.05, 0.1) is 25.9 Å². The Hall–Kier alpha value is -7.12. The van der Waals surface area contributed by atoms with Gasteiger partial charge >= 0.3 is 6.09 Å². The quantitative estimate of drug-likeness (QED) is 0.173. The van der Waals surface area contributed by atoms with E-state index in [2.05, 4.69) is 48.5 Å². The molecule has 0 aliphatic carbocycles. The predicted octanol–water partition coefficient (Wildman–Crippen LogP) is 13.7. The molecule has 0 fully saturated rings. The van der Waals surface area contributed by atoms with Crippen LogP contribution in [0.1, 0.15) is 66.7 Å². The highest BCUT2D eigenvalue weighted by molar-refractivity contribution is 6.31. The van der Waals surface area contributed by atoms with Gasteiger partial charge in [-0.2, -0.15) is 0 Å². The molecule has 6 nitrogen and oxygen atoms in total. The van der Waals surface area contributed by atoms with Crippen molar-refractivity contribution in [1.82, 2.24) is 0 Å². The molecule has 8 heteroatoms. The molecule has 2 atom stereocenters. The number of nitrogens with zero attached hydrogens (tertiary/aromatic N) is 2. The van der Waals surface area contributed by atoms with Crippen LogP contribution in [0.3, 0.4) is 0 Å². The average molecular weight is 866 g/mol. The summed E-state index contributed by atoms with van der Waals surface area (Å²) in [6.45, 7) is 0.902. The zero-order valence-corrected chi connectivity index (χ0v) is 35.9. The van der Waals surface area contributed by atoms with Crippen LogP contribution in [0.5, 0.6) is 11.5 Å². The first-order valence-electron chi connectivity index (χ1n) is 20.7. The smallest absolute Gasteiger partial charge is 0.420 e. The Morgan fingerprint density at radius 1 is 0.444 bits per heavy atom. The fraction of sp³-hybridized carbons (Fsp3) is 0.0909. The molecule has 2 heterocycles. The molecule has 8 aromatic carbocycles. The summed E-state index contributed by atoms with van der Waals surface area (Å²) in [4.78, 5) is 30.5. The highest BCUT2D eigenvalue weighted by Crippen LogP contribution is 2.46. The Balaban J connectivity index is 0.000000160. The van der Waals surface area contributed by atoms with Gasteiger partial charge in [0.1, 0.15) is 11.5 Å². The van der Waals surface area contributed by atoms with Crippen LogP contribution in [0.25, 0.3) is 0 Å². The zero-order valence-electron chi connectivity index (χ0n) is 34.4. The van der Waals surface area contributed by atoms with Crippen LogP contribution in [-0.4, -0.2) is 19.1 Å². The number of ether oxygens (including phenoxy) is 2. The Kier molecular flexibility index (Phi) is 12.1. The lowest BCUT2D eigenvalue weighted by Crippen LogP contribution is -2.33. The van der Waals surface area contributed by atoms with Gasteiger partial charge in [0.25, 0.3) is 5.91 Å². The molecule has 2 amide bonds. The maximum absolute atomic E-state index is 13.7. The van der Waals surface area contributed by atoms with Crippen molar-refractivity contribution in [2.24, 2.45) is 0 Å². The SMILES string of the molecule is COc1ccc(C(=O)N2Cc3ccccc3C(c3ccccc3Cl)c3ccccc32)cc1.O=C(Oc1ccccc1)N1Cc2ccccc2C(c2ccccc2Cl)c2ccccc21. The van der Waals surface area contributed by atoms with Gasteiger partial charge in [0, 0.05) is 33.1 Å². The largest absolute Gasteiger partial charge is 0.497 e. The van der Waals surface area contributed by atoms with Crippen LogP contribution in [0.15, 0.2) is 200 Å². The van der Waals surface area contributed by atoms with E-state index in [0.29, 0.717) is 29.4 Å². The summed E-state index contributed by atoms with van der Waals surface area (Å²) in [7, 11) is 1.62. The van der Waals surface area contributed by atoms with Crippen molar-refractivity contribution in [3.63, 3.8) is 0 Å². The number of hydrogen-bond acceptors (Lipinski definition) is 4. The van der Waals surface area contributed by atoms with Crippen molar-refractivity contribution >= 4 is 46.6 Å². The molecule has 0 saturated heterocycles. The van der Waals surface area contributed by atoms with E-state index < -0.39 is 6.09 Å². The van der Waals surface area contributed by atoms with E-state index in [9.17, 15) is 9.59 Å². The molecule has 310 valence electrons. The molecule has 2 aliphatic heterocycles. The van der Waals surface area contributed by atoms with Gasteiger partial charge in [-0.05, 0) is 105 Å². The van der Waals surface area contributed by atoms with Gasteiger partial charge in [-0.15, -0.1) is 0 Å². The maximum atomic E-state index is 13.7. The van der Waals surface area contributed by atoms with E-state index in [1.807, 2.05) is 144 Å². The second kappa shape index (κ2) is 18.5. The van der Waals surface area contributed by atoms with E-state index >= 15 is 0 Å². The van der Waals surface area contributed by atoms with E-state index in [4.69, 9.17) is 32.7 Å². The third-order valence-electron chi connectivity index (χ3n) is 11.6. The maximum Gasteiger partial charge on any atom is 0.420 e. The van der Waals surface area contributed by atoms with Crippen molar-refractivity contribution < 1.29 is 19.1 Å². The van der Waals surface area contributed by atoms with Crippen molar-refractivity contribution in [2.45, 2.75) is 24.9 Å². The van der Waals surface area contributed by atoms with Crippen LogP contribution in [0.4, 0.5) is 16.2 Å². The molecule has 10 rings (SSSR count). The molecular weight excluding hydrogens is 824 g/mol.